The number of rotatable bonds is 1. The Bertz CT molecular complexity index is 501. The Morgan fingerprint density at radius 3 is 2.69 bits per heavy atom. The predicted octanol–water partition coefficient (Wildman–Crippen LogP) is 3.32. The van der Waals surface area contributed by atoms with Gasteiger partial charge in [-0.15, -0.1) is 0 Å². The number of halogens is 2. The number of hydrogen-bond acceptors (Lipinski definition) is 1. The normalized spacial score (nSPS) is 15.3. The molecule has 0 radical (unpaired) electrons. The van der Waals surface area contributed by atoms with Gasteiger partial charge in [0.25, 0.3) is 0 Å². The predicted molar refractivity (Wildman–Crippen MR) is 60.4 cm³/mol. The van der Waals surface area contributed by atoms with Gasteiger partial charge in [0, 0.05) is 24.4 Å². The van der Waals surface area contributed by atoms with Crippen LogP contribution in [0.15, 0.2) is 48.7 Å². The van der Waals surface area contributed by atoms with E-state index in [0.29, 0.717) is 11.3 Å². The fourth-order valence-electron chi connectivity index (χ4n) is 1.60. The highest BCUT2D eigenvalue weighted by molar-refractivity contribution is 5.69. The van der Waals surface area contributed by atoms with Crippen LogP contribution >= 0.6 is 0 Å². The molecule has 0 atom stereocenters. The summed E-state index contributed by atoms with van der Waals surface area (Å²) in [6.07, 6.45) is 5.39. The molecule has 1 aliphatic heterocycles. The van der Waals surface area contributed by atoms with Crippen LogP contribution in [0.1, 0.15) is 5.56 Å². The van der Waals surface area contributed by atoms with Gasteiger partial charge in [-0.05, 0) is 24.3 Å². The third-order valence-electron chi connectivity index (χ3n) is 2.54. The Morgan fingerprint density at radius 2 is 2.00 bits per heavy atom. The first-order chi connectivity index (χ1) is 7.59. The van der Waals surface area contributed by atoms with Crippen molar-refractivity contribution in [2.45, 2.75) is 0 Å². The second-order valence-electron chi connectivity index (χ2n) is 3.59. The summed E-state index contributed by atoms with van der Waals surface area (Å²) >= 11 is 0. The molecule has 1 aliphatic rings. The smallest absolute Gasteiger partial charge is 0.135 e. The molecule has 0 bridgehead atoms. The molecule has 0 fully saturated rings. The number of allylic oxidation sites excluding steroid dienone is 3. The molecule has 1 aromatic rings. The van der Waals surface area contributed by atoms with E-state index in [2.05, 4.69) is 6.58 Å². The monoisotopic (exact) mass is 219 g/mol. The molecule has 3 heteroatoms. The van der Waals surface area contributed by atoms with Crippen LogP contribution in [-0.2, 0) is 0 Å². The summed E-state index contributed by atoms with van der Waals surface area (Å²) in [5, 5.41) is 0. The summed E-state index contributed by atoms with van der Waals surface area (Å²) in [4.78, 5) is 1.76. The fraction of sp³-hybridized carbons (Fsp3) is 0.0769. The van der Waals surface area contributed by atoms with Crippen molar-refractivity contribution in [3.05, 3.63) is 65.9 Å². The first-order valence-electron chi connectivity index (χ1n) is 4.86. The molecule has 0 spiro atoms. The van der Waals surface area contributed by atoms with Gasteiger partial charge in [0.1, 0.15) is 11.6 Å². The van der Waals surface area contributed by atoms with Crippen molar-refractivity contribution in [2.24, 2.45) is 0 Å². The van der Waals surface area contributed by atoms with Gasteiger partial charge in [0.05, 0.1) is 5.70 Å². The van der Waals surface area contributed by atoms with Crippen molar-refractivity contribution in [3.8, 4) is 0 Å². The van der Waals surface area contributed by atoms with Crippen molar-refractivity contribution in [1.29, 1.82) is 0 Å². The molecule has 0 saturated heterocycles. The van der Waals surface area contributed by atoms with Crippen molar-refractivity contribution in [2.75, 3.05) is 7.05 Å². The third kappa shape index (κ3) is 1.76. The highest BCUT2D eigenvalue weighted by atomic mass is 19.1. The first-order valence-corrected chi connectivity index (χ1v) is 4.86. The highest BCUT2D eigenvalue weighted by Gasteiger charge is 2.15. The Balaban J connectivity index is 2.48. The number of benzene rings is 1. The zero-order valence-electron chi connectivity index (χ0n) is 8.87. The molecule has 16 heavy (non-hydrogen) atoms. The maximum Gasteiger partial charge on any atom is 0.135 e. The quantitative estimate of drug-likeness (QED) is 0.700. The van der Waals surface area contributed by atoms with Crippen molar-refractivity contribution < 1.29 is 8.78 Å². The van der Waals surface area contributed by atoms with Crippen LogP contribution in [0.5, 0.6) is 0 Å². The van der Waals surface area contributed by atoms with Gasteiger partial charge in [-0.2, -0.15) is 0 Å². The lowest BCUT2D eigenvalue weighted by molar-refractivity contribution is 0.566. The Hall–Kier alpha value is -1.90. The molecule has 0 unspecified atom stereocenters. The van der Waals surface area contributed by atoms with E-state index in [1.165, 1.54) is 12.1 Å². The lowest BCUT2D eigenvalue weighted by Gasteiger charge is -2.25. The summed E-state index contributed by atoms with van der Waals surface area (Å²) in [6, 6.07) is 3.55. The molecular weight excluding hydrogens is 208 g/mol. The summed E-state index contributed by atoms with van der Waals surface area (Å²) in [5.74, 6) is -1.14. The maximum atomic E-state index is 13.6. The van der Waals surface area contributed by atoms with E-state index in [-0.39, 0.29) is 0 Å². The lowest BCUT2D eigenvalue weighted by Crippen LogP contribution is -2.17. The fourth-order valence-corrected chi connectivity index (χ4v) is 1.60. The second-order valence-corrected chi connectivity index (χ2v) is 3.59. The van der Waals surface area contributed by atoms with E-state index in [0.717, 1.165) is 11.8 Å². The van der Waals surface area contributed by atoms with Crippen molar-refractivity contribution >= 4 is 5.70 Å². The molecular formula is C13H11F2N. The van der Waals surface area contributed by atoms with Crippen LogP contribution < -0.4 is 0 Å². The maximum absolute atomic E-state index is 13.6. The molecule has 0 amide bonds. The lowest BCUT2D eigenvalue weighted by atomic mass is 10.1. The zero-order valence-corrected chi connectivity index (χ0v) is 8.87. The molecule has 1 heterocycles. The molecule has 1 aromatic carbocycles. The summed E-state index contributed by atoms with van der Waals surface area (Å²) in [5.41, 5.74) is 1.81. The van der Waals surface area contributed by atoms with Gasteiger partial charge in [-0.3, -0.25) is 0 Å². The molecule has 0 aliphatic carbocycles. The molecule has 0 saturated carbocycles. The first kappa shape index (κ1) is 10.6. The number of likely N-dealkylation sites (N-methyl/N-ethyl adjacent to an activating group) is 1. The van der Waals surface area contributed by atoms with E-state index in [1.807, 2.05) is 6.08 Å². The van der Waals surface area contributed by atoms with Crippen molar-refractivity contribution in [1.82, 2.24) is 4.90 Å². The molecule has 0 N–H and O–H groups in total. The highest BCUT2D eigenvalue weighted by Crippen LogP contribution is 2.27. The van der Waals surface area contributed by atoms with Gasteiger partial charge in [0.15, 0.2) is 0 Å². The average Bonchev–Trinajstić information content (AvgIpc) is 2.23. The minimum Gasteiger partial charge on any atom is -0.345 e. The number of hydrogen-bond donors (Lipinski definition) is 0. The van der Waals surface area contributed by atoms with Crippen LogP contribution in [0.2, 0.25) is 0 Å². The van der Waals surface area contributed by atoms with E-state index in [4.69, 9.17) is 0 Å². The Kier molecular flexibility index (Phi) is 2.60. The minimum atomic E-state index is -0.574. The summed E-state index contributed by atoms with van der Waals surface area (Å²) in [6.45, 7) is 3.82. The van der Waals surface area contributed by atoms with Gasteiger partial charge in [0.2, 0.25) is 0 Å². The van der Waals surface area contributed by atoms with E-state index in [1.54, 1.807) is 24.1 Å². The van der Waals surface area contributed by atoms with Crippen LogP contribution in [0.4, 0.5) is 8.78 Å². The molecule has 2 rings (SSSR count). The third-order valence-corrected chi connectivity index (χ3v) is 2.54. The standard InChI is InChI=1S/C13H11F2N/c1-9-4-3-5-13(16(9)2)11-7-6-10(14)8-12(11)15/h3-8H,1H2,2H3. The second kappa shape index (κ2) is 3.93. The van der Waals surface area contributed by atoms with Gasteiger partial charge in [-0.25, -0.2) is 8.78 Å². The summed E-state index contributed by atoms with van der Waals surface area (Å²) < 4.78 is 26.4. The van der Waals surface area contributed by atoms with E-state index >= 15 is 0 Å². The Morgan fingerprint density at radius 1 is 1.25 bits per heavy atom. The van der Waals surface area contributed by atoms with Gasteiger partial charge >= 0.3 is 0 Å². The average molecular weight is 219 g/mol. The summed E-state index contributed by atoms with van der Waals surface area (Å²) in [7, 11) is 1.79. The van der Waals surface area contributed by atoms with Crippen LogP contribution in [0, 0.1) is 11.6 Å². The van der Waals surface area contributed by atoms with Crippen LogP contribution in [-0.4, -0.2) is 11.9 Å². The minimum absolute atomic E-state index is 0.370. The topological polar surface area (TPSA) is 3.24 Å². The molecule has 82 valence electrons. The largest absolute Gasteiger partial charge is 0.345 e. The van der Waals surface area contributed by atoms with Crippen LogP contribution in [0.25, 0.3) is 5.70 Å². The molecule has 0 aromatic heterocycles. The van der Waals surface area contributed by atoms with E-state index < -0.39 is 11.6 Å². The van der Waals surface area contributed by atoms with Crippen molar-refractivity contribution in [3.63, 3.8) is 0 Å². The molecule has 1 nitrogen and oxygen atoms in total. The van der Waals surface area contributed by atoms with Crippen LogP contribution in [0.3, 0.4) is 0 Å². The van der Waals surface area contributed by atoms with E-state index in [9.17, 15) is 8.78 Å². The SMILES string of the molecule is C=C1C=CC=C(c2ccc(F)cc2F)N1C. The van der Waals surface area contributed by atoms with Gasteiger partial charge < -0.3 is 4.90 Å². The number of nitrogens with zero attached hydrogens (tertiary/aromatic N) is 1. The van der Waals surface area contributed by atoms with Gasteiger partial charge in [-0.1, -0.05) is 12.7 Å². The zero-order chi connectivity index (χ0) is 11.7. The Labute approximate surface area is 93.0 Å².